The molecule has 8 heteroatoms. The molecule has 4 rings (SSSR count). The summed E-state index contributed by atoms with van der Waals surface area (Å²) in [6.07, 6.45) is 1.11. The lowest BCUT2D eigenvalue weighted by atomic mass is 10.1. The topological polar surface area (TPSA) is 76.5 Å². The van der Waals surface area contributed by atoms with Crippen molar-refractivity contribution in [3.63, 3.8) is 0 Å². The Labute approximate surface area is 179 Å². The van der Waals surface area contributed by atoms with Gasteiger partial charge in [-0.2, -0.15) is 5.10 Å². The molecule has 0 bridgehead atoms. The second kappa shape index (κ2) is 9.13. The maximum atomic E-state index is 13.1. The lowest BCUT2D eigenvalue weighted by molar-refractivity contribution is 0.0855. The highest BCUT2D eigenvalue weighted by Gasteiger charge is 2.26. The number of thiophene rings is 1. The molecule has 3 heterocycles. The molecule has 0 saturated carbocycles. The number of hydrogen-bond donors (Lipinski definition) is 1. The Balaban J connectivity index is 1.50. The van der Waals surface area contributed by atoms with Crippen LogP contribution in [-0.2, 0) is 4.74 Å². The van der Waals surface area contributed by atoms with Crippen LogP contribution in [0, 0.1) is 0 Å². The molecule has 1 aromatic carbocycles. The van der Waals surface area contributed by atoms with Crippen LogP contribution in [0.3, 0.4) is 0 Å². The summed E-state index contributed by atoms with van der Waals surface area (Å²) < 4.78 is 6.75. The Morgan fingerprint density at radius 2 is 1.93 bits per heavy atom. The van der Waals surface area contributed by atoms with E-state index in [-0.39, 0.29) is 18.0 Å². The van der Waals surface area contributed by atoms with Crippen molar-refractivity contribution in [2.75, 3.05) is 19.7 Å². The van der Waals surface area contributed by atoms with Gasteiger partial charge in [0.25, 0.3) is 5.91 Å². The van der Waals surface area contributed by atoms with E-state index in [4.69, 9.17) is 4.74 Å². The van der Waals surface area contributed by atoms with Gasteiger partial charge in [-0.1, -0.05) is 24.3 Å². The van der Waals surface area contributed by atoms with Crippen LogP contribution in [0.2, 0.25) is 0 Å². The third kappa shape index (κ3) is 4.38. The van der Waals surface area contributed by atoms with Crippen molar-refractivity contribution < 1.29 is 14.3 Å². The number of likely N-dealkylation sites (tertiary alicyclic amines) is 1. The first-order valence-corrected chi connectivity index (χ1v) is 11.0. The minimum absolute atomic E-state index is 0.00693. The summed E-state index contributed by atoms with van der Waals surface area (Å²) in [7, 11) is 0. The Morgan fingerprint density at radius 1 is 1.17 bits per heavy atom. The Hall–Kier alpha value is -3.13. The van der Waals surface area contributed by atoms with Gasteiger partial charge < -0.3 is 15.0 Å². The van der Waals surface area contributed by atoms with E-state index < -0.39 is 0 Å². The first-order chi connectivity index (χ1) is 14.7. The maximum absolute atomic E-state index is 13.1. The molecule has 1 N–H and O–H groups in total. The fourth-order valence-corrected chi connectivity index (χ4v) is 4.22. The van der Waals surface area contributed by atoms with E-state index in [1.165, 1.54) is 0 Å². The first-order valence-electron chi connectivity index (χ1n) is 10.1. The molecular weight excluding hydrogens is 400 g/mol. The number of nitrogens with zero attached hydrogens (tertiary/aromatic N) is 3. The lowest BCUT2D eigenvalue weighted by Crippen LogP contribution is -2.47. The average molecular weight is 425 g/mol. The second-order valence-electron chi connectivity index (χ2n) is 7.07. The van der Waals surface area contributed by atoms with Crippen molar-refractivity contribution in [1.29, 1.82) is 0 Å². The van der Waals surface area contributed by atoms with Gasteiger partial charge in [-0.25, -0.2) is 9.48 Å². The zero-order valence-electron chi connectivity index (χ0n) is 16.8. The summed E-state index contributed by atoms with van der Waals surface area (Å²) in [5.41, 5.74) is 2.11. The number of hydrogen-bond acceptors (Lipinski definition) is 5. The smallest absolute Gasteiger partial charge is 0.409 e. The summed E-state index contributed by atoms with van der Waals surface area (Å²) in [6, 6.07) is 15.5. The number of carbonyl (C=O) groups excluding carboxylic acids is 2. The van der Waals surface area contributed by atoms with Crippen LogP contribution in [0.5, 0.6) is 0 Å². The van der Waals surface area contributed by atoms with Crippen molar-refractivity contribution in [3.05, 3.63) is 59.6 Å². The summed E-state index contributed by atoms with van der Waals surface area (Å²) in [5.74, 6) is -0.163. The number of nitrogens with one attached hydrogen (secondary N) is 1. The monoisotopic (exact) mass is 424 g/mol. The van der Waals surface area contributed by atoms with Gasteiger partial charge in [-0.3, -0.25) is 4.79 Å². The van der Waals surface area contributed by atoms with E-state index in [2.05, 4.69) is 10.4 Å². The molecule has 3 aromatic rings. The number of piperidine rings is 1. The molecule has 1 aliphatic rings. The van der Waals surface area contributed by atoms with Crippen molar-refractivity contribution >= 4 is 23.3 Å². The van der Waals surface area contributed by atoms with Crippen LogP contribution in [0.1, 0.15) is 30.3 Å². The molecule has 1 aliphatic heterocycles. The average Bonchev–Trinajstić information content (AvgIpc) is 3.45. The summed E-state index contributed by atoms with van der Waals surface area (Å²) in [5, 5.41) is 9.80. The number of aromatic nitrogens is 2. The number of para-hydroxylation sites is 1. The molecule has 0 spiro atoms. The predicted octanol–water partition coefficient (Wildman–Crippen LogP) is 3.95. The van der Waals surface area contributed by atoms with Crippen molar-refractivity contribution in [1.82, 2.24) is 20.0 Å². The Bertz CT molecular complexity index is 993. The van der Waals surface area contributed by atoms with Gasteiger partial charge in [0.2, 0.25) is 0 Å². The van der Waals surface area contributed by atoms with Gasteiger partial charge in [0.05, 0.1) is 17.2 Å². The SMILES string of the molecule is CCOC(=O)N1CCC(NC(=O)c2cc(-c3cccs3)nn2-c2ccccc2)CC1. The van der Waals surface area contributed by atoms with Crippen LogP contribution in [0.25, 0.3) is 16.3 Å². The van der Waals surface area contributed by atoms with Gasteiger partial charge in [-0.15, -0.1) is 11.3 Å². The van der Waals surface area contributed by atoms with Crippen LogP contribution in [0.4, 0.5) is 4.79 Å². The molecule has 1 fully saturated rings. The van der Waals surface area contributed by atoms with E-state index in [1.807, 2.05) is 53.9 Å². The summed E-state index contributed by atoms with van der Waals surface area (Å²) >= 11 is 1.59. The highest BCUT2D eigenvalue weighted by atomic mass is 32.1. The standard InChI is InChI=1S/C22H24N4O3S/c1-2-29-22(28)25-12-10-16(11-13-25)23-21(27)19-15-18(20-9-6-14-30-20)24-26(19)17-7-4-3-5-8-17/h3-9,14-16H,2,10-13H2,1H3,(H,23,27). The van der Waals surface area contributed by atoms with Crippen LogP contribution in [0.15, 0.2) is 53.9 Å². The zero-order chi connectivity index (χ0) is 20.9. The molecule has 2 amide bonds. The molecule has 0 aliphatic carbocycles. The molecule has 30 heavy (non-hydrogen) atoms. The minimum atomic E-state index is -0.287. The molecular formula is C22H24N4O3S. The summed E-state index contributed by atoms with van der Waals surface area (Å²) in [6.45, 7) is 3.31. The first kappa shape index (κ1) is 20.2. The third-order valence-corrected chi connectivity index (χ3v) is 5.96. The molecule has 156 valence electrons. The second-order valence-corrected chi connectivity index (χ2v) is 8.02. The number of amides is 2. The van der Waals surface area contributed by atoms with Crippen LogP contribution in [-0.4, -0.2) is 52.4 Å². The van der Waals surface area contributed by atoms with Gasteiger partial charge in [0, 0.05) is 19.1 Å². The molecule has 0 radical (unpaired) electrons. The minimum Gasteiger partial charge on any atom is -0.450 e. The summed E-state index contributed by atoms with van der Waals surface area (Å²) in [4.78, 5) is 27.7. The predicted molar refractivity (Wildman–Crippen MR) is 116 cm³/mol. The normalized spacial score (nSPS) is 14.5. The molecule has 2 aromatic heterocycles. The molecule has 1 saturated heterocycles. The van der Waals surface area contributed by atoms with Gasteiger partial charge >= 0.3 is 6.09 Å². The maximum Gasteiger partial charge on any atom is 0.409 e. The number of rotatable bonds is 5. The quantitative estimate of drug-likeness (QED) is 0.673. The Morgan fingerprint density at radius 3 is 2.60 bits per heavy atom. The lowest BCUT2D eigenvalue weighted by Gasteiger charge is -2.31. The van der Waals surface area contributed by atoms with Crippen molar-refractivity contribution in [2.24, 2.45) is 0 Å². The Kier molecular flexibility index (Phi) is 6.13. The van der Waals surface area contributed by atoms with Gasteiger partial charge in [0.1, 0.15) is 11.4 Å². The van der Waals surface area contributed by atoms with Gasteiger partial charge in [-0.05, 0) is 49.4 Å². The van der Waals surface area contributed by atoms with Crippen molar-refractivity contribution in [3.8, 4) is 16.3 Å². The number of carbonyl (C=O) groups is 2. The van der Waals surface area contributed by atoms with Crippen molar-refractivity contribution in [2.45, 2.75) is 25.8 Å². The van der Waals surface area contributed by atoms with E-state index in [1.54, 1.807) is 27.8 Å². The van der Waals surface area contributed by atoms with E-state index in [0.29, 0.717) is 38.2 Å². The third-order valence-electron chi connectivity index (χ3n) is 5.07. The van der Waals surface area contributed by atoms with E-state index >= 15 is 0 Å². The number of benzene rings is 1. The molecule has 0 atom stereocenters. The number of ether oxygens (including phenoxy) is 1. The fraction of sp³-hybridized carbons (Fsp3) is 0.318. The highest BCUT2D eigenvalue weighted by molar-refractivity contribution is 7.13. The zero-order valence-corrected chi connectivity index (χ0v) is 17.6. The molecule has 0 unspecified atom stereocenters. The van der Waals surface area contributed by atoms with Crippen LogP contribution < -0.4 is 5.32 Å². The van der Waals surface area contributed by atoms with Gasteiger partial charge in [0.15, 0.2) is 0 Å². The largest absolute Gasteiger partial charge is 0.450 e. The highest BCUT2D eigenvalue weighted by Crippen LogP contribution is 2.26. The van der Waals surface area contributed by atoms with Crippen LogP contribution >= 0.6 is 11.3 Å². The van der Waals surface area contributed by atoms with E-state index in [9.17, 15) is 9.59 Å². The fourth-order valence-electron chi connectivity index (χ4n) is 3.53. The molecule has 7 nitrogen and oxygen atoms in total. The van der Waals surface area contributed by atoms with E-state index in [0.717, 1.165) is 16.3 Å².